The molecule has 0 spiro atoms. The predicted octanol–water partition coefficient (Wildman–Crippen LogP) is 6.82. The molecule has 2 aromatic rings. The lowest BCUT2D eigenvalue weighted by Crippen LogP contribution is -2.33. The second kappa shape index (κ2) is 9.27. The minimum Gasteiger partial charge on any atom is -0.467 e. The summed E-state index contributed by atoms with van der Waals surface area (Å²) in [4.78, 5) is 14.3. The zero-order chi connectivity index (χ0) is 22.0. The van der Waals surface area contributed by atoms with Gasteiger partial charge in [0, 0.05) is 26.8 Å². The van der Waals surface area contributed by atoms with Crippen LogP contribution in [0, 0.1) is 11.3 Å². The second-order valence-electron chi connectivity index (χ2n) is 8.48. The van der Waals surface area contributed by atoms with Gasteiger partial charge in [0.15, 0.2) is 6.79 Å². The van der Waals surface area contributed by atoms with Gasteiger partial charge in [0.25, 0.3) is 0 Å². The molecule has 0 bridgehead atoms. The third kappa shape index (κ3) is 4.64. The predicted molar refractivity (Wildman–Crippen MR) is 127 cm³/mol. The molecular weight excluding hydrogens is 430 g/mol. The average molecular weight is 458 g/mol. The number of nitrogens with one attached hydrogen (secondary N) is 1. The maximum atomic E-state index is 13.3. The van der Waals surface area contributed by atoms with Gasteiger partial charge in [-0.05, 0) is 49.4 Å². The van der Waals surface area contributed by atoms with Crippen molar-refractivity contribution in [3.05, 3.63) is 64.7 Å². The van der Waals surface area contributed by atoms with Crippen molar-refractivity contribution in [1.29, 1.82) is 0 Å². The number of carbonyl (C=O) groups is 1. The smallest absolute Gasteiger partial charge is 0.230 e. The number of fused-ring (bicyclic) bond motifs is 1. The number of benzene rings is 2. The molecular formula is C25H28ClNO3S. The summed E-state index contributed by atoms with van der Waals surface area (Å²) >= 11 is 7.97. The van der Waals surface area contributed by atoms with E-state index in [2.05, 4.69) is 25.7 Å². The summed E-state index contributed by atoms with van der Waals surface area (Å²) in [5.41, 5.74) is 3.65. The van der Waals surface area contributed by atoms with Gasteiger partial charge in [-0.15, -0.1) is 11.8 Å². The van der Waals surface area contributed by atoms with Crippen molar-refractivity contribution >= 4 is 35.0 Å². The number of ether oxygens (including phenoxy) is 2. The number of thioether (sulfide) groups is 1. The molecule has 1 heterocycles. The monoisotopic (exact) mass is 457 g/mol. The minimum absolute atomic E-state index is 0.0918. The van der Waals surface area contributed by atoms with E-state index in [0.29, 0.717) is 23.3 Å². The SMILES string of the molecule is C=C1CC(CC)(C(=O)Nc2ccccc2SCc2cc(Cl)cc3c2OCOC3)CC1C. The molecule has 4 nitrogen and oxygen atoms in total. The first-order chi connectivity index (χ1) is 14.9. The Bertz CT molecular complexity index is 1010. The number of rotatable bonds is 6. The van der Waals surface area contributed by atoms with E-state index in [1.54, 1.807) is 11.8 Å². The van der Waals surface area contributed by atoms with Crippen molar-refractivity contribution in [2.24, 2.45) is 11.3 Å². The Hall–Kier alpha value is -1.95. The summed E-state index contributed by atoms with van der Waals surface area (Å²) in [5, 5.41) is 3.89. The van der Waals surface area contributed by atoms with Crippen LogP contribution in [0.1, 0.15) is 44.2 Å². The Morgan fingerprint density at radius 3 is 2.90 bits per heavy atom. The van der Waals surface area contributed by atoms with Crippen LogP contribution in [0.3, 0.4) is 0 Å². The fraction of sp³-hybridized carbons (Fsp3) is 0.400. The Labute approximate surface area is 193 Å². The van der Waals surface area contributed by atoms with Crippen LogP contribution in [-0.4, -0.2) is 12.7 Å². The Balaban J connectivity index is 1.52. The van der Waals surface area contributed by atoms with Gasteiger partial charge in [-0.3, -0.25) is 4.79 Å². The van der Waals surface area contributed by atoms with Crippen LogP contribution in [0.25, 0.3) is 0 Å². The van der Waals surface area contributed by atoms with Gasteiger partial charge in [-0.25, -0.2) is 0 Å². The first-order valence-electron chi connectivity index (χ1n) is 10.6. The average Bonchev–Trinajstić information content (AvgIpc) is 3.07. The summed E-state index contributed by atoms with van der Waals surface area (Å²) in [6.07, 6.45) is 2.43. The molecule has 1 aliphatic carbocycles. The molecule has 1 fully saturated rings. The van der Waals surface area contributed by atoms with Gasteiger partial charge >= 0.3 is 0 Å². The van der Waals surface area contributed by atoms with Crippen molar-refractivity contribution in [3.63, 3.8) is 0 Å². The molecule has 0 radical (unpaired) electrons. The largest absolute Gasteiger partial charge is 0.467 e. The summed E-state index contributed by atoms with van der Waals surface area (Å²) < 4.78 is 11.1. The summed E-state index contributed by atoms with van der Waals surface area (Å²) in [7, 11) is 0. The number of anilines is 1. The first kappa shape index (κ1) is 22.3. The van der Waals surface area contributed by atoms with E-state index >= 15 is 0 Å². The molecule has 1 saturated carbocycles. The number of carbonyl (C=O) groups excluding carboxylic acids is 1. The van der Waals surface area contributed by atoms with E-state index in [1.165, 1.54) is 5.57 Å². The van der Waals surface area contributed by atoms with Crippen molar-refractivity contribution in [2.45, 2.75) is 50.4 Å². The van der Waals surface area contributed by atoms with E-state index in [4.69, 9.17) is 21.1 Å². The third-order valence-corrected chi connectivity index (χ3v) is 7.73. The van der Waals surface area contributed by atoms with Crippen LogP contribution in [0.15, 0.2) is 53.4 Å². The van der Waals surface area contributed by atoms with Crippen LogP contribution < -0.4 is 10.1 Å². The molecule has 1 aliphatic heterocycles. The zero-order valence-corrected chi connectivity index (χ0v) is 19.6. The fourth-order valence-corrected chi connectivity index (χ4v) is 5.72. The van der Waals surface area contributed by atoms with Crippen LogP contribution >= 0.6 is 23.4 Å². The van der Waals surface area contributed by atoms with Crippen molar-refractivity contribution in [1.82, 2.24) is 0 Å². The van der Waals surface area contributed by atoms with Crippen LogP contribution in [0.4, 0.5) is 5.69 Å². The number of amides is 1. The highest BCUT2D eigenvalue weighted by Gasteiger charge is 2.44. The molecule has 2 aromatic carbocycles. The maximum absolute atomic E-state index is 13.3. The maximum Gasteiger partial charge on any atom is 0.230 e. The van der Waals surface area contributed by atoms with E-state index < -0.39 is 0 Å². The fourth-order valence-electron chi connectivity index (χ4n) is 4.48. The number of halogens is 1. The summed E-state index contributed by atoms with van der Waals surface area (Å²) in [6.45, 7) is 9.19. The van der Waals surface area contributed by atoms with Gasteiger partial charge < -0.3 is 14.8 Å². The molecule has 2 aliphatic rings. The highest BCUT2D eigenvalue weighted by Crippen LogP contribution is 2.48. The van der Waals surface area contributed by atoms with Gasteiger partial charge in [-0.2, -0.15) is 0 Å². The first-order valence-corrected chi connectivity index (χ1v) is 12.0. The topological polar surface area (TPSA) is 47.6 Å². The number of para-hydroxylation sites is 1. The Kier molecular flexibility index (Phi) is 6.65. The van der Waals surface area contributed by atoms with Crippen LogP contribution in [-0.2, 0) is 21.9 Å². The van der Waals surface area contributed by atoms with Gasteiger partial charge in [0.1, 0.15) is 5.75 Å². The quantitative estimate of drug-likeness (QED) is 0.382. The van der Waals surface area contributed by atoms with E-state index in [9.17, 15) is 4.79 Å². The molecule has 2 atom stereocenters. The molecule has 1 N–H and O–H groups in total. The minimum atomic E-state index is -0.367. The number of allylic oxidation sites excluding steroid dienone is 1. The molecule has 6 heteroatoms. The molecule has 31 heavy (non-hydrogen) atoms. The normalized spacial score (nSPS) is 22.7. The summed E-state index contributed by atoms with van der Waals surface area (Å²) in [6, 6.07) is 11.8. The zero-order valence-electron chi connectivity index (χ0n) is 18.0. The molecule has 1 amide bonds. The lowest BCUT2D eigenvalue weighted by atomic mass is 9.81. The van der Waals surface area contributed by atoms with E-state index in [0.717, 1.165) is 46.7 Å². The highest BCUT2D eigenvalue weighted by atomic mass is 35.5. The molecule has 0 aromatic heterocycles. The third-order valence-electron chi connectivity index (χ3n) is 6.39. The summed E-state index contributed by atoms with van der Waals surface area (Å²) in [5.74, 6) is 2.01. The van der Waals surface area contributed by atoms with Crippen molar-refractivity contribution in [2.75, 3.05) is 12.1 Å². The van der Waals surface area contributed by atoms with Crippen LogP contribution in [0.2, 0.25) is 5.02 Å². The molecule has 164 valence electrons. The molecule has 2 unspecified atom stereocenters. The van der Waals surface area contributed by atoms with Gasteiger partial charge in [-0.1, -0.05) is 49.7 Å². The van der Waals surface area contributed by atoms with E-state index in [-0.39, 0.29) is 18.1 Å². The molecule has 0 saturated heterocycles. The second-order valence-corrected chi connectivity index (χ2v) is 9.93. The van der Waals surface area contributed by atoms with Crippen LogP contribution in [0.5, 0.6) is 5.75 Å². The van der Waals surface area contributed by atoms with Gasteiger partial charge in [0.05, 0.1) is 17.7 Å². The Morgan fingerprint density at radius 1 is 1.35 bits per heavy atom. The lowest BCUT2D eigenvalue weighted by Gasteiger charge is -2.27. The standard InChI is InChI=1S/C25H28ClNO3S/c1-4-25(11-16(2)17(3)12-25)24(28)27-21-7-5-6-8-22(21)31-14-19-10-20(26)9-18-13-29-15-30-23(18)19/h5-10,17H,2,4,11-15H2,1,3H3,(H,27,28). The Morgan fingerprint density at radius 2 is 2.16 bits per heavy atom. The number of hydrogen-bond donors (Lipinski definition) is 1. The van der Waals surface area contributed by atoms with Gasteiger partial charge in [0.2, 0.25) is 5.91 Å². The van der Waals surface area contributed by atoms with Crippen molar-refractivity contribution < 1.29 is 14.3 Å². The molecule has 4 rings (SSSR count). The van der Waals surface area contributed by atoms with Crippen molar-refractivity contribution in [3.8, 4) is 5.75 Å². The van der Waals surface area contributed by atoms with E-state index in [1.807, 2.05) is 36.4 Å². The highest BCUT2D eigenvalue weighted by molar-refractivity contribution is 7.98. The number of hydrogen-bond acceptors (Lipinski definition) is 4. The lowest BCUT2D eigenvalue weighted by molar-refractivity contribution is -0.125.